The lowest BCUT2D eigenvalue weighted by Gasteiger charge is -2.30. The number of halogens is 1. The van der Waals surface area contributed by atoms with Gasteiger partial charge in [-0.2, -0.15) is 5.10 Å². The SMILES string of the molecule is CC1CCCN(CCCNC(=O)c2ccc3cnn(Cc4cccc(Cl)c4)c3c2)C1. The van der Waals surface area contributed by atoms with Crippen molar-refractivity contribution in [1.29, 1.82) is 0 Å². The number of amides is 1. The van der Waals surface area contributed by atoms with Gasteiger partial charge in [-0.1, -0.05) is 36.7 Å². The van der Waals surface area contributed by atoms with Crippen LogP contribution in [0.25, 0.3) is 10.9 Å². The van der Waals surface area contributed by atoms with Gasteiger partial charge in [0, 0.05) is 29.1 Å². The summed E-state index contributed by atoms with van der Waals surface area (Å²) in [6.07, 6.45) is 5.44. The van der Waals surface area contributed by atoms with Crippen molar-refractivity contribution < 1.29 is 4.79 Å². The summed E-state index contributed by atoms with van der Waals surface area (Å²) in [6.45, 7) is 7.05. The molecule has 1 amide bonds. The molecule has 1 aromatic heterocycles. The van der Waals surface area contributed by atoms with Crippen LogP contribution in [-0.2, 0) is 6.54 Å². The number of aromatic nitrogens is 2. The second-order valence-electron chi connectivity index (χ2n) is 8.36. The topological polar surface area (TPSA) is 50.2 Å². The number of likely N-dealkylation sites (tertiary alicyclic amines) is 1. The third-order valence-corrected chi connectivity index (χ3v) is 6.04. The van der Waals surface area contributed by atoms with Crippen LogP contribution < -0.4 is 5.32 Å². The predicted molar refractivity (Wildman–Crippen MR) is 122 cm³/mol. The van der Waals surface area contributed by atoms with E-state index in [1.807, 2.05) is 53.3 Å². The molecule has 30 heavy (non-hydrogen) atoms. The molecule has 1 fully saturated rings. The molecule has 1 aliphatic heterocycles. The van der Waals surface area contributed by atoms with Crippen LogP contribution in [0.2, 0.25) is 5.02 Å². The summed E-state index contributed by atoms with van der Waals surface area (Å²) in [4.78, 5) is 15.2. The van der Waals surface area contributed by atoms with Crippen LogP contribution >= 0.6 is 11.6 Å². The van der Waals surface area contributed by atoms with E-state index in [0.717, 1.165) is 35.3 Å². The maximum absolute atomic E-state index is 12.7. The van der Waals surface area contributed by atoms with Crippen molar-refractivity contribution in [3.05, 3.63) is 64.8 Å². The fourth-order valence-electron chi connectivity index (χ4n) is 4.24. The molecule has 6 heteroatoms. The first kappa shape index (κ1) is 20.9. The highest BCUT2D eigenvalue weighted by Crippen LogP contribution is 2.19. The molecule has 0 aliphatic carbocycles. The Labute approximate surface area is 183 Å². The molecule has 0 radical (unpaired) electrons. The summed E-state index contributed by atoms with van der Waals surface area (Å²) in [7, 11) is 0. The Morgan fingerprint density at radius 1 is 1.27 bits per heavy atom. The molecule has 1 N–H and O–H groups in total. The van der Waals surface area contributed by atoms with E-state index in [9.17, 15) is 4.79 Å². The fourth-order valence-corrected chi connectivity index (χ4v) is 4.46. The molecule has 0 spiro atoms. The van der Waals surface area contributed by atoms with Crippen LogP contribution in [-0.4, -0.2) is 46.8 Å². The maximum Gasteiger partial charge on any atom is 0.251 e. The number of carbonyl (C=O) groups is 1. The van der Waals surface area contributed by atoms with Crippen LogP contribution in [0.15, 0.2) is 48.7 Å². The van der Waals surface area contributed by atoms with E-state index in [-0.39, 0.29) is 5.91 Å². The van der Waals surface area contributed by atoms with Gasteiger partial charge in [0.15, 0.2) is 0 Å². The number of hydrogen-bond donors (Lipinski definition) is 1. The minimum absolute atomic E-state index is 0.0283. The van der Waals surface area contributed by atoms with E-state index in [1.54, 1.807) is 0 Å². The molecule has 2 aromatic carbocycles. The van der Waals surface area contributed by atoms with Gasteiger partial charge in [-0.15, -0.1) is 0 Å². The second-order valence-corrected chi connectivity index (χ2v) is 8.80. The van der Waals surface area contributed by atoms with E-state index >= 15 is 0 Å². The molecular weight excluding hydrogens is 396 g/mol. The van der Waals surface area contributed by atoms with Gasteiger partial charge in [-0.25, -0.2) is 0 Å². The van der Waals surface area contributed by atoms with E-state index in [0.29, 0.717) is 23.7 Å². The number of nitrogens with one attached hydrogen (secondary N) is 1. The molecule has 4 rings (SSSR count). The zero-order valence-corrected chi connectivity index (χ0v) is 18.2. The van der Waals surface area contributed by atoms with Gasteiger partial charge >= 0.3 is 0 Å². The third-order valence-electron chi connectivity index (χ3n) is 5.81. The Balaban J connectivity index is 1.36. The van der Waals surface area contributed by atoms with Crippen molar-refractivity contribution in [1.82, 2.24) is 20.0 Å². The molecule has 2 heterocycles. The smallest absolute Gasteiger partial charge is 0.251 e. The second kappa shape index (κ2) is 9.63. The van der Waals surface area contributed by atoms with Crippen LogP contribution in [0.4, 0.5) is 0 Å². The Hall–Kier alpha value is -2.37. The normalized spacial score (nSPS) is 17.3. The Morgan fingerprint density at radius 2 is 2.17 bits per heavy atom. The lowest BCUT2D eigenvalue weighted by molar-refractivity contribution is 0.0950. The minimum atomic E-state index is -0.0283. The van der Waals surface area contributed by atoms with Crippen molar-refractivity contribution in [3.8, 4) is 0 Å². The third kappa shape index (κ3) is 5.21. The van der Waals surface area contributed by atoms with E-state index in [2.05, 4.69) is 22.2 Å². The van der Waals surface area contributed by atoms with Crippen LogP contribution in [0.3, 0.4) is 0 Å². The quantitative estimate of drug-likeness (QED) is 0.564. The van der Waals surface area contributed by atoms with Crippen LogP contribution in [0.1, 0.15) is 42.1 Å². The highest BCUT2D eigenvalue weighted by molar-refractivity contribution is 6.30. The molecule has 1 aliphatic rings. The fraction of sp³-hybridized carbons (Fsp3) is 0.417. The van der Waals surface area contributed by atoms with Gasteiger partial charge in [0.05, 0.1) is 18.3 Å². The zero-order chi connectivity index (χ0) is 20.9. The molecule has 1 unspecified atom stereocenters. The average Bonchev–Trinajstić information content (AvgIpc) is 3.13. The van der Waals surface area contributed by atoms with E-state index < -0.39 is 0 Å². The highest BCUT2D eigenvalue weighted by Gasteiger charge is 2.15. The standard InChI is InChI=1S/C24H29ClN4O/c1-18-5-3-11-28(16-18)12-4-10-26-24(30)20-8-9-21-15-27-29(23(21)14-20)17-19-6-2-7-22(25)13-19/h2,6-9,13-15,18H,3-5,10-12,16-17H2,1H3,(H,26,30). The number of piperidine rings is 1. The number of nitrogens with zero attached hydrogens (tertiary/aromatic N) is 3. The van der Waals surface area contributed by atoms with Gasteiger partial charge in [0.25, 0.3) is 5.91 Å². The number of rotatable bonds is 7. The van der Waals surface area contributed by atoms with Gasteiger partial charge in [-0.05, 0) is 68.1 Å². The summed E-state index contributed by atoms with van der Waals surface area (Å²) in [5.41, 5.74) is 2.70. The highest BCUT2D eigenvalue weighted by atomic mass is 35.5. The maximum atomic E-state index is 12.7. The Kier molecular flexibility index (Phi) is 6.70. The number of carbonyl (C=O) groups excluding carboxylic acids is 1. The number of benzene rings is 2. The molecule has 1 atom stereocenters. The van der Waals surface area contributed by atoms with Crippen LogP contribution in [0, 0.1) is 5.92 Å². The molecule has 0 bridgehead atoms. The summed E-state index contributed by atoms with van der Waals surface area (Å²) in [5.74, 6) is 0.760. The molecule has 1 saturated heterocycles. The summed E-state index contributed by atoms with van der Waals surface area (Å²) in [5, 5.41) is 9.29. The van der Waals surface area contributed by atoms with E-state index in [4.69, 9.17) is 11.6 Å². The Morgan fingerprint density at radius 3 is 3.00 bits per heavy atom. The largest absolute Gasteiger partial charge is 0.352 e. The number of hydrogen-bond acceptors (Lipinski definition) is 3. The first-order valence-electron chi connectivity index (χ1n) is 10.8. The molecule has 0 saturated carbocycles. The number of fused-ring (bicyclic) bond motifs is 1. The molecular formula is C24H29ClN4O. The van der Waals surface area contributed by atoms with Gasteiger partial charge < -0.3 is 10.2 Å². The minimum Gasteiger partial charge on any atom is -0.352 e. The molecule has 5 nitrogen and oxygen atoms in total. The first-order valence-corrected chi connectivity index (χ1v) is 11.2. The summed E-state index contributed by atoms with van der Waals surface area (Å²) < 4.78 is 1.91. The lowest BCUT2D eigenvalue weighted by Crippen LogP contribution is -2.36. The van der Waals surface area contributed by atoms with Crippen molar-refractivity contribution in [2.75, 3.05) is 26.2 Å². The Bertz CT molecular complexity index is 1020. The van der Waals surface area contributed by atoms with Crippen molar-refractivity contribution in [2.45, 2.75) is 32.7 Å². The van der Waals surface area contributed by atoms with E-state index in [1.165, 1.54) is 25.9 Å². The van der Waals surface area contributed by atoms with Gasteiger partial charge in [0.1, 0.15) is 0 Å². The monoisotopic (exact) mass is 424 g/mol. The molecule has 3 aromatic rings. The van der Waals surface area contributed by atoms with Gasteiger partial charge in [0.2, 0.25) is 0 Å². The molecule has 158 valence electrons. The van der Waals surface area contributed by atoms with Crippen molar-refractivity contribution >= 4 is 28.4 Å². The predicted octanol–water partition coefficient (Wildman–Crippen LogP) is 4.59. The average molecular weight is 425 g/mol. The first-order chi connectivity index (χ1) is 14.6. The zero-order valence-electron chi connectivity index (χ0n) is 17.5. The summed E-state index contributed by atoms with van der Waals surface area (Å²) >= 11 is 6.10. The lowest BCUT2D eigenvalue weighted by atomic mass is 10.0. The van der Waals surface area contributed by atoms with Crippen molar-refractivity contribution in [3.63, 3.8) is 0 Å². The summed E-state index contributed by atoms with van der Waals surface area (Å²) in [6, 6.07) is 13.5. The van der Waals surface area contributed by atoms with Gasteiger partial charge in [-0.3, -0.25) is 9.48 Å². The van der Waals surface area contributed by atoms with Crippen LogP contribution in [0.5, 0.6) is 0 Å². The van der Waals surface area contributed by atoms with Crippen molar-refractivity contribution in [2.24, 2.45) is 5.92 Å².